The van der Waals surface area contributed by atoms with E-state index in [1.54, 1.807) is 30.3 Å². The third-order valence-electron chi connectivity index (χ3n) is 3.70. The van der Waals surface area contributed by atoms with Crippen LogP contribution in [0.4, 0.5) is 5.69 Å². The Bertz CT molecular complexity index is 781. The predicted octanol–water partition coefficient (Wildman–Crippen LogP) is 3.46. The Hall–Kier alpha value is -3.20. The van der Waals surface area contributed by atoms with Gasteiger partial charge in [-0.15, -0.1) is 0 Å². The Balaban J connectivity index is 2.17. The van der Waals surface area contributed by atoms with E-state index in [1.165, 1.54) is 0 Å². The lowest BCUT2D eigenvalue weighted by Crippen LogP contribution is -2.31. The number of anilines is 1. The van der Waals surface area contributed by atoms with Crippen molar-refractivity contribution in [3.05, 3.63) is 53.6 Å². The van der Waals surface area contributed by atoms with Crippen LogP contribution in [0.2, 0.25) is 0 Å². The number of carboxylic acids is 1. The molecule has 0 amide bonds. The number of nitriles is 1. The lowest BCUT2D eigenvalue weighted by atomic mass is 10.0. The Kier molecular flexibility index (Phi) is 6.86. The standard InChI is InChI=1S/C20H22N2O4/c1-3-25-18-10-7-15(12-19(18)26-4-2)11-17(20(23)24)22-16-8-5-14(13-21)6-9-16/h5-10,12,17,22H,3-4,11H2,1-2H3,(H,23,24)/t17-/m0/s1. The number of nitrogens with zero attached hydrogens (tertiary/aromatic N) is 1. The van der Waals surface area contributed by atoms with Gasteiger partial charge in [0.1, 0.15) is 6.04 Å². The molecule has 6 nitrogen and oxygen atoms in total. The molecule has 0 saturated carbocycles. The maximum atomic E-state index is 11.6. The lowest BCUT2D eigenvalue weighted by Gasteiger charge is -2.17. The summed E-state index contributed by atoms with van der Waals surface area (Å²) < 4.78 is 11.1. The zero-order valence-electron chi connectivity index (χ0n) is 14.9. The molecule has 2 aromatic rings. The van der Waals surface area contributed by atoms with E-state index in [0.717, 1.165) is 5.56 Å². The van der Waals surface area contributed by atoms with Gasteiger partial charge in [0.25, 0.3) is 0 Å². The summed E-state index contributed by atoms with van der Waals surface area (Å²) in [5.74, 6) is 0.292. The number of benzene rings is 2. The van der Waals surface area contributed by atoms with Crippen molar-refractivity contribution >= 4 is 11.7 Å². The smallest absolute Gasteiger partial charge is 0.326 e. The van der Waals surface area contributed by atoms with E-state index in [1.807, 2.05) is 32.0 Å². The van der Waals surface area contributed by atoms with Gasteiger partial charge in [0.15, 0.2) is 11.5 Å². The van der Waals surface area contributed by atoms with Crippen LogP contribution in [0.5, 0.6) is 11.5 Å². The first-order valence-corrected chi connectivity index (χ1v) is 8.45. The van der Waals surface area contributed by atoms with Gasteiger partial charge in [-0.05, 0) is 55.8 Å². The largest absolute Gasteiger partial charge is 0.490 e. The molecule has 0 unspecified atom stereocenters. The van der Waals surface area contributed by atoms with Crippen molar-refractivity contribution in [1.29, 1.82) is 5.26 Å². The van der Waals surface area contributed by atoms with Gasteiger partial charge >= 0.3 is 5.97 Å². The van der Waals surface area contributed by atoms with Gasteiger partial charge in [-0.1, -0.05) is 6.07 Å². The van der Waals surface area contributed by atoms with Crippen molar-refractivity contribution in [2.24, 2.45) is 0 Å². The van der Waals surface area contributed by atoms with E-state index in [4.69, 9.17) is 14.7 Å². The fraction of sp³-hybridized carbons (Fsp3) is 0.300. The van der Waals surface area contributed by atoms with Crippen molar-refractivity contribution in [3.63, 3.8) is 0 Å². The summed E-state index contributed by atoms with van der Waals surface area (Å²) >= 11 is 0. The molecule has 0 saturated heterocycles. The molecular weight excluding hydrogens is 332 g/mol. The molecule has 26 heavy (non-hydrogen) atoms. The van der Waals surface area contributed by atoms with E-state index in [0.29, 0.717) is 36.0 Å². The molecule has 0 aromatic heterocycles. The second-order valence-corrected chi connectivity index (χ2v) is 5.58. The summed E-state index contributed by atoms with van der Waals surface area (Å²) in [7, 11) is 0. The zero-order chi connectivity index (χ0) is 18.9. The molecule has 0 aliphatic carbocycles. The SMILES string of the molecule is CCOc1ccc(C[C@H](Nc2ccc(C#N)cc2)C(=O)O)cc1OCC. The van der Waals surface area contributed by atoms with Gasteiger partial charge in [0.05, 0.1) is 24.8 Å². The van der Waals surface area contributed by atoms with Gasteiger partial charge in [-0.2, -0.15) is 5.26 Å². The second kappa shape index (κ2) is 9.33. The Morgan fingerprint density at radius 1 is 1.12 bits per heavy atom. The van der Waals surface area contributed by atoms with Crippen LogP contribution in [0, 0.1) is 11.3 Å². The molecule has 0 spiro atoms. The first kappa shape index (κ1) is 19.1. The Morgan fingerprint density at radius 2 is 1.77 bits per heavy atom. The molecule has 0 bridgehead atoms. The van der Waals surface area contributed by atoms with Crippen LogP contribution in [-0.4, -0.2) is 30.3 Å². The highest BCUT2D eigenvalue weighted by Crippen LogP contribution is 2.29. The number of hydrogen-bond acceptors (Lipinski definition) is 5. The minimum Gasteiger partial charge on any atom is -0.490 e. The third-order valence-corrected chi connectivity index (χ3v) is 3.70. The highest BCUT2D eigenvalue weighted by Gasteiger charge is 2.19. The molecule has 0 aliphatic heterocycles. The maximum absolute atomic E-state index is 11.6. The summed E-state index contributed by atoms with van der Waals surface area (Å²) in [6.45, 7) is 4.80. The third kappa shape index (κ3) is 5.15. The summed E-state index contributed by atoms with van der Waals surface area (Å²) in [5, 5.41) is 21.4. The second-order valence-electron chi connectivity index (χ2n) is 5.58. The topological polar surface area (TPSA) is 91.6 Å². The van der Waals surface area contributed by atoms with Crippen molar-refractivity contribution in [2.45, 2.75) is 26.3 Å². The number of carboxylic acid groups (broad SMARTS) is 1. The first-order chi connectivity index (χ1) is 12.6. The molecule has 0 aliphatic rings. The highest BCUT2D eigenvalue weighted by atomic mass is 16.5. The average molecular weight is 354 g/mol. The number of ether oxygens (including phenoxy) is 2. The Morgan fingerprint density at radius 3 is 2.35 bits per heavy atom. The molecule has 2 N–H and O–H groups in total. The number of nitrogens with one attached hydrogen (secondary N) is 1. The van der Waals surface area contributed by atoms with Crippen LogP contribution in [0.15, 0.2) is 42.5 Å². The number of rotatable bonds is 9. The number of aliphatic carboxylic acids is 1. The number of hydrogen-bond donors (Lipinski definition) is 2. The van der Waals surface area contributed by atoms with Crippen LogP contribution in [-0.2, 0) is 11.2 Å². The van der Waals surface area contributed by atoms with Crippen molar-refractivity contribution < 1.29 is 19.4 Å². The fourth-order valence-electron chi connectivity index (χ4n) is 2.50. The van der Waals surface area contributed by atoms with E-state index >= 15 is 0 Å². The van der Waals surface area contributed by atoms with Gasteiger partial charge < -0.3 is 19.9 Å². The van der Waals surface area contributed by atoms with E-state index < -0.39 is 12.0 Å². The summed E-state index contributed by atoms with van der Waals surface area (Å²) in [4.78, 5) is 11.6. The molecule has 0 fully saturated rings. The molecule has 6 heteroatoms. The molecule has 0 heterocycles. The molecule has 136 valence electrons. The van der Waals surface area contributed by atoms with Crippen LogP contribution in [0.1, 0.15) is 25.0 Å². The van der Waals surface area contributed by atoms with E-state index in [9.17, 15) is 9.90 Å². The molecule has 2 aromatic carbocycles. The predicted molar refractivity (Wildman–Crippen MR) is 98.7 cm³/mol. The maximum Gasteiger partial charge on any atom is 0.326 e. The molecule has 0 radical (unpaired) electrons. The minimum absolute atomic E-state index is 0.280. The summed E-state index contributed by atoms with van der Waals surface area (Å²) in [6.07, 6.45) is 0.280. The van der Waals surface area contributed by atoms with E-state index in [-0.39, 0.29) is 6.42 Å². The van der Waals surface area contributed by atoms with Gasteiger partial charge in [-0.25, -0.2) is 4.79 Å². The first-order valence-electron chi connectivity index (χ1n) is 8.45. The summed E-state index contributed by atoms with van der Waals surface area (Å²) in [5.41, 5.74) is 1.99. The van der Waals surface area contributed by atoms with Crippen LogP contribution < -0.4 is 14.8 Å². The van der Waals surface area contributed by atoms with Crippen LogP contribution >= 0.6 is 0 Å². The highest BCUT2D eigenvalue weighted by molar-refractivity contribution is 5.77. The van der Waals surface area contributed by atoms with E-state index in [2.05, 4.69) is 5.32 Å². The van der Waals surface area contributed by atoms with Crippen LogP contribution in [0.25, 0.3) is 0 Å². The minimum atomic E-state index is -0.957. The van der Waals surface area contributed by atoms with Crippen molar-refractivity contribution in [3.8, 4) is 17.6 Å². The number of carbonyl (C=O) groups is 1. The Labute approximate surface area is 153 Å². The van der Waals surface area contributed by atoms with Crippen molar-refractivity contribution in [1.82, 2.24) is 0 Å². The van der Waals surface area contributed by atoms with Gasteiger partial charge in [-0.3, -0.25) is 0 Å². The quantitative estimate of drug-likeness (QED) is 0.716. The fourth-order valence-corrected chi connectivity index (χ4v) is 2.50. The van der Waals surface area contributed by atoms with Crippen LogP contribution in [0.3, 0.4) is 0 Å². The normalized spacial score (nSPS) is 11.3. The van der Waals surface area contributed by atoms with Gasteiger partial charge in [0.2, 0.25) is 0 Å². The zero-order valence-corrected chi connectivity index (χ0v) is 14.9. The van der Waals surface area contributed by atoms with Gasteiger partial charge in [0, 0.05) is 12.1 Å². The monoisotopic (exact) mass is 354 g/mol. The summed E-state index contributed by atoms with van der Waals surface area (Å²) in [6, 6.07) is 13.3. The van der Waals surface area contributed by atoms with Crippen molar-refractivity contribution in [2.75, 3.05) is 18.5 Å². The molecule has 2 rings (SSSR count). The average Bonchev–Trinajstić information content (AvgIpc) is 2.64. The molecule has 1 atom stereocenters. The lowest BCUT2D eigenvalue weighted by molar-refractivity contribution is -0.137. The molecular formula is C20H22N2O4.